The van der Waals surface area contributed by atoms with E-state index in [9.17, 15) is 13.2 Å². The Morgan fingerprint density at radius 3 is 2.08 bits per heavy atom. The van der Waals surface area contributed by atoms with Crippen LogP contribution in [-0.4, -0.2) is 10.7 Å². The van der Waals surface area contributed by atoms with Crippen LogP contribution in [0.1, 0.15) is 10.8 Å². The molecule has 5 heteroatoms. The molecule has 72 valence electrons. The van der Waals surface area contributed by atoms with Crippen LogP contribution >= 0.6 is 12.0 Å². The highest BCUT2D eigenvalue weighted by atomic mass is 32.2. The molecule has 13 heavy (non-hydrogen) atoms. The molecular weight excluding hydrogens is 201 g/mol. The maximum atomic E-state index is 12.2. The number of hydrogen-bond acceptors (Lipinski definition) is 2. The van der Waals surface area contributed by atoms with Gasteiger partial charge in [-0.05, 0) is 5.56 Å². The first-order valence-electron chi connectivity index (χ1n) is 3.47. The van der Waals surface area contributed by atoms with E-state index in [1.807, 2.05) is 0 Å². The third-order valence-electron chi connectivity index (χ3n) is 1.51. The summed E-state index contributed by atoms with van der Waals surface area (Å²) in [4.78, 5) is 0. The van der Waals surface area contributed by atoms with Crippen LogP contribution in [0.3, 0.4) is 0 Å². The van der Waals surface area contributed by atoms with E-state index in [0.717, 1.165) is 0 Å². The number of hydrogen-bond donors (Lipinski definition) is 1. The van der Waals surface area contributed by atoms with Crippen molar-refractivity contribution in [1.82, 2.24) is 0 Å². The Morgan fingerprint density at radius 2 is 1.69 bits per heavy atom. The van der Waals surface area contributed by atoms with Crippen LogP contribution in [-0.2, 0) is 0 Å². The van der Waals surface area contributed by atoms with Crippen LogP contribution in [0.15, 0.2) is 30.3 Å². The molecule has 0 aliphatic heterocycles. The Kier molecular flexibility index (Phi) is 3.22. The van der Waals surface area contributed by atoms with Crippen molar-refractivity contribution in [2.24, 2.45) is 0 Å². The molecule has 1 rings (SSSR count). The predicted molar refractivity (Wildman–Crippen MR) is 45.5 cm³/mol. The Morgan fingerprint density at radius 1 is 1.15 bits per heavy atom. The Balaban J connectivity index is 2.92. The number of benzene rings is 1. The summed E-state index contributed by atoms with van der Waals surface area (Å²) in [5.41, 5.74) is 0.0579. The van der Waals surface area contributed by atoms with Gasteiger partial charge in [0.1, 0.15) is 0 Å². The van der Waals surface area contributed by atoms with E-state index in [1.54, 1.807) is 6.07 Å². The first kappa shape index (κ1) is 10.4. The maximum absolute atomic E-state index is 12.2. The first-order valence-corrected chi connectivity index (χ1v) is 4.31. The summed E-state index contributed by atoms with van der Waals surface area (Å²) in [5, 5.41) is -1.85. The van der Waals surface area contributed by atoms with Crippen LogP contribution in [0.4, 0.5) is 13.2 Å². The predicted octanol–water partition coefficient (Wildman–Crippen LogP) is 3.50. The van der Waals surface area contributed by atoms with Gasteiger partial charge in [-0.15, -0.1) is 0 Å². The molecular formula is C8H7F3OS. The van der Waals surface area contributed by atoms with E-state index < -0.39 is 11.4 Å². The van der Waals surface area contributed by atoms with Crippen molar-refractivity contribution in [3.05, 3.63) is 35.9 Å². The van der Waals surface area contributed by atoms with Gasteiger partial charge in [-0.2, -0.15) is 13.2 Å². The van der Waals surface area contributed by atoms with E-state index in [4.69, 9.17) is 4.55 Å². The Hall–Kier alpha value is -0.680. The van der Waals surface area contributed by atoms with Crippen LogP contribution in [0.25, 0.3) is 0 Å². The molecule has 0 aromatic heterocycles. The lowest BCUT2D eigenvalue weighted by Crippen LogP contribution is -2.17. The Bertz CT molecular complexity index is 260. The van der Waals surface area contributed by atoms with Gasteiger partial charge in [0.25, 0.3) is 0 Å². The van der Waals surface area contributed by atoms with E-state index >= 15 is 0 Å². The molecule has 1 nitrogen and oxygen atoms in total. The molecule has 1 aromatic carbocycles. The van der Waals surface area contributed by atoms with E-state index in [0.29, 0.717) is 0 Å². The standard InChI is InChI=1S/C8H7F3OS/c9-8(10,11)7(13-12)6-4-2-1-3-5-6/h1-5,7,12H. The van der Waals surface area contributed by atoms with Crippen LogP contribution in [0.2, 0.25) is 0 Å². The molecule has 1 N–H and O–H groups in total. The quantitative estimate of drug-likeness (QED) is 0.750. The lowest BCUT2D eigenvalue weighted by atomic mass is 10.1. The second-order valence-electron chi connectivity index (χ2n) is 2.44. The fraction of sp³-hybridized carbons (Fsp3) is 0.250. The van der Waals surface area contributed by atoms with Crippen molar-refractivity contribution in [2.45, 2.75) is 11.4 Å². The zero-order valence-corrected chi connectivity index (χ0v) is 7.27. The molecule has 0 amide bonds. The van der Waals surface area contributed by atoms with Gasteiger partial charge >= 0.3 is 6.18 Å². The van der Waals surface area contributed by atoms with Gasteiger partial charge in [0.15, 0.2) is 5.25 Å². The molecule has 0 spiro atoms. The second-order valence-corrected chi connectivity index (χ2v) is 3.12. The normalized spacial score (nSPS) is 14.2. The summed E-state index contributed by atoms with van der Waals surface area (Å²) in [6.07, 6.45) is -4.42. The van der Waals surface area contributed by atoms with Gasteiger partial charge in [-0.25, -0.2) is 0 Å². The van der Waals surface area contributed by atoms with E-state index in [-0.39, 0.29) is 17.6 Å². The zero-order chi connectivity index (χ0) is 9.90. The summed E-state index contributed by atoms with van der Waals surface area (Å²) in [5.74, 6) is 0. The first-order chi connectivity index (χ1) is 6.05. The van der Waals surface area contributed by atoms with Crippen molar-refractivity contribution in [1.29, 1.82) is 0 Å². The fourth-order valence-corrected chi connectivity index (χ4v) is 1.34. The van der Waals surface area contributed by atoms with E-state index in [2.05, 4.69) is 0 Å². The third-order valence-corrected chi connectivity index (χ3v) is 2.26. The van der Waals surface area contributed by atoms with Crippen molar-refractivity contribution >= 4 is 12.0 Å². The lowest BCUT2D eigenvalue weighted by Gasteiger charge is -2.16. The topological polar surface area (TPSA) is 20.2 Å². The second kappa shape index (κ2) is 4.02. The minimum Gasteiger partial charge on any atom is -0.329 e. The van der Waals surface area contributed by atoms with E-state index in [1.165, 1.54) is 24.3 Å². The fourth-order valence-electron chi connectivity index (χ4n) is 0.937. The largest absolute Gasteiger partial charge is 0.406 e. The third kappa shape index (κ3) is 2.63. The maximum Gasteiger partial charge on any atom is 0.406 e. The van der Waals surface area contributed by atoms with Gasteiger partial charge < -0.3 is 4.55 Å². The molecule has 0 bridgehead atoms. The summed E-state index contributed by atoms with van der Waals surface area (Å²) in [6.45, 7) is 0. The van der Waals surface area contributed by atoms with Crippen molar-refractivity contribution in [3.8, 4) is 0 Å². The van der Waals surface area contributed by atoms with Gasteiger partial charge in [0, 0.05) is 12.0 Å². The summed E-state index contributed by atoms with van der Waals surface area (Å²) in [6, 6.07) is 7.30. The molecule has 1 unspecified atom stereocenters. The highest BCUT2D eigenvalue weighted by molar-refractivity contribution is 7.94. The highest BCUT2D eigenvalue weighted by Gasteiger charge is 2.41. The number of halogens is 3. The van der Waals surface area contributed by atoms with Crippen LogP contribution in [0.5, 0.6) is 0 Å². The van der Waals surface area contributed by atoms with Crippen LogP contribution < -0.4 is 0 Å². The minimum atomic E-state index is -4.42. The molecule has 0 radical (unpaired) electrons. The van der Waals surface area contributed by atoms with Gasteiger partial charge in [0.2, 0.25) is 0 Å². The highest BCUT2D eigenvalue weighted by Crippen LogP contribution is 2.41. The smallest absolute Gasteiger partial charge is 0.329 e. The number of rotatable bonds is 2. The van der Waals surface area contributed by atoms with Gasteiger partial charge in [-0.3, -0.25) is 0 Å². The molecule has 0 fully saturated rings. The molecule has 0 aliphatic rings. The zero-order valence-electron chi connectivity index (χ0n) is 6.45. The van der Waals surface area contributed by atoms with Crippen LogP contribution in [0, 0.1) is 0 Å². The average Bonchev–Trinajstić information content (AvgIpc) is 2.05. The summed E-state index contributed by atoms with van der Waals surface area (Å²) in [7, 11) is 0. The average molecular weight is 208 g/mol. The van der Waals surface area contributed by atoms with Gasteiger partial charge in [-0.1, -0.05) is 30.3 Å². The molecule has 0 saturated heterocycles. The molecule has 1 aromatic rings. The molecule has 0 aliphatic carbocycles. The summed E-state index contributed by atoms with van der Waals surface area (Å²) >= 11 is -0.195. The van der Waals surface area contributed by atoms with Crippen molar-refractivity contribution in [3.63, 3.8) is 0 Å². The lowest BCUT2D eigenvalue weighted by molar-refractivity contribution is -0.130. The van der Waals surface area contributed by atoms with Crippen molar-refractivity contribution in [2.75, 3.05) is 0 Å². The molecule has 1 atom stereocenters. The SMILES string of the molecule is OSC(c1ccccc1)C(F)(F)F. The monoisotopic (exact) mass is 208 g/mol. The van der Waals surface area contributed by atoms with Crippen molar-refractivity contribution < 1.29 is 17.7 Å². The Labute approximate surface area is 77.8 Å². The summed E-state index contributed by atoms with van der Waals surface area (Å²) < 4.78 is 45.2. The minimum absolute atomic E-state index is 0.0579. The van der Waals surface area contributed by atoms with Gasteiger partial charge in [0.05, 0.1) is 0 Å². The number of alkyl halides is 3. The molecule has 0 heterocycles. The molecule has 0 saturated carbocycles.